The van der Waals surface area contributed by atoms with E-state index in [9.17, 15) is 0 Å². The monoisotopic (exact) mass is 174 g/mol. The Morgan fingerprint density at radius 1 is 1.64 bits per heavy atom. The normalized spacial score (nSPS) is 12.7. The first-order valence-corrected chi connectivity index (χ1v) is 5.20. The van der Waals surface area contributed by atoms with E-state index in [-0.39, 0.29) is 0 Å². The molecule has 0 spiro atoms. The van der Waals surface area contributed by atoms with Crippen LogP contribution in [0.1, 0.15) is 20.3 Å². The fourth-order valence-corrected chi connectivity index (χ4v) is 1.35. The van der Waals surface area contributed by atoms with Crippen LogP contribution in [0.4, 0.5) is 0 Å². The highest BCUT2D eigenvalue weighted by molar-refractivity contribution is 7.98. The largest absolute Gasteiger partial charge is 0.271 e. The maximum absolute atomic E-state index is 5.36. The van der Waals surface area contributed by atoms with Crippen molar-refractivity contribution >= 4 is 11.8 Å². The predicted molar refractivity (Wildman–Crippen MR) is 53.5 cm³/mol. The zero-order chi connectivity index (χ0) is 8.69. The smallest absolute Gasteiger partial charge is 0.0400 e. The Morgan fingerprint density at radius 3 is 2.64 bits per heavy atom. The van der Waals surface area contributed by atoms with Gasteiger partial charge in [0.25, 0.3) is 0 Å². The van der Waals surface area contributed by atoms with Gasteiger partial charge in [0.15, 0.2) is 0 Å². The molecule has 0 saturated carbocycles. The van der Waals surface area contributed by atoms with Crippen molar-refractivity contribution in [3.8, 4) is 0 Å². The van der Waals surface area contributed by atoms with Crippen molar-refractivity contribution < 1.29 is 0 Å². The van der Waals surface area contributed by atoms with Gasteiger partial charge in [-0.2, -0.15) is 11.8 Å². The molecule has 0 fully saturated rings. The van der Waals surface area contributed by atoms with E-state index < -0.39 is 0 Å². The Hall–Kier alpha value is 0.01000. The maximum atomic E-state index is 5.36. The molecule has 0 aliphatic rings. The van der Waals surface area contributed by atoms with Crippen LogP contribution in [0.15, 0.2) is 11.6 Å². The highest BCUT2D eigenvalue weighted by atomic mass is 32.2. The average Bonchev–Trinajstić information content (AvgIpc) is 1.97. The summed E-state index contributed by atoms with van der Waals surface area (Å²) in [5, 5.41) is 0. The van der Waals surface area contributed by atoms with Crippen LogP contribution in [0, 0.1) is 0 Å². The molecule has 2 nitrogen and oxygen atoms in total. The van der Waals surface area contributed by atoms with Gasteiger partial charge in [-0.1, -0.05) is 11.6 Å². The number of allylic oxidation sites excluding steroid dienone is 1. The number of nitrogens with two attached hydrogens (primary N) is 1. The molecule has 1 unspecified atom stereocenters. The first kappa shape index (κ1) is 11.0. The first-order chi connectivity index (χ1) is 5.20. The number of hydrogen-bond acceptors (Lipinski definition) is 3. The Balaban J connectivity index is 3.67. The standard InChI is InChI=1S/C8H18N2S/c1-7(2)6-8(10-9)4-5-11-3/h6,8,10H,4-5,9H2,1-3H3. The third-order valence-corrected chi connectivity index (χ3v) is 2.03. The van der Waals surface area contributed by atoms with E-state index in [1.54, 1.807) is 0 Å². The molecule has 3 N–H and O–H groups in total. The van der Waals surface area contributed by atoms with Crippen molar-refractivity contribution in [2.24, 2.45) is 5.84 Å². The van der Waals surface area contributed by atoms with Gasteiger partial charge in [0, 0.05) is 6.04 Å². The lowest BCUT2D eigenvalue weighted by Crippen LogP contribution is -2.34. The minimum absolute atomic E-state index is 0.340. The van der Waals surface area contributed by atoms with Crippen LogP contribution in [-0.2, 0) is 0 Å². The molecular weight excluding hydrogens is 156 g/mol. The molecule has 0 aromatic rings. The Bertz CT molecular complexity index is 119. The minimum Gasteiger partial charge on any atom is -0.271 e. The third-order valence-electron chi connectivity index (χ3n) is 1.38. The third kappa shape index (κ3) is 6.41. The van der Waals surface area contributed by atoms with Crippen molar-refractivity contribution in [3.05, 3.63) is 11.6 Å². The van der Waals surface area contributed by atoms with Crippen LogP contribution < -0.4 is 11.3 Å². The highest BCUT2D eigenvalue weighted by Gasteiger charge is 2.00. The number of rotatable bonds is 5. The lowest BCUT2D eigenvalue weighted by Gasteiger charge is -2.10. The summed E-state index contributed by atoms with van der Waals surface area (Å²) in [4.78, 5) is 0. The van der Waals surface area contributed by atoms with Crippen molar-refractivity contribution in [1.29, 1.82) is 0 Å². The molecule has 0 aliphatic heterocycles. The van der Waals surface area contributed by atoms with Crippen LogP contribution in [0.3, 0.4) is 0 Å². The topological polar surface area (TPSA) is 38.0 Å². The summed E-state index contributed by atoms with van der Waals surface area (Å²) in [5.74, 6) is 6.51. The average molecular weight is 174 g/mol. The van der Waals surface area contributed by atoms with Gasteiger partial charge >= 0.3 is 0 Å². The summed E-state index contributed by atoms with van der Waals surface area (Å²) in [5.41, 5.74) is 4.09. The van der Waals surface area contributed by atoms with Gasteiger partial charge in [-0.25, -0.2) is 0 Å². The van der Waals surface area contributed by atoms with E-state index in [0.29, 0.717) is 6.04 Å². The molecule has 0 aromatic heterocycles. The molecule has 0 saturated heterocycles. The van der Waals surface area contributed by atoms with Crippen LogP contribution in [-0.4, -0.2) is 18.1 Å². The summed E-state index contributed by atoms with van der Waals surface area (Å²) >= 11 is 1.85. The highest BCUT2D eigenvalue weighted by Crippen LogP contribution is 2.03. The van der Waals surface area contributed by atoms with Crippen molar-refractivity contribution in [2.45, 2.75) is 26.3 Å². The molecule has 66 valence electrons. The summed E-state index contributed by atoms with van der Waals surface area (Å²) in [7, 11) is 0. The number of nitrogens with one attached hydrogen (secondary N) is 1. The summed E-state index contributed by atoms with van der Waals surface area (Å²) in [6, 6.07) is 0.340. The van der Waals surface area contributed by atoms with Gasteiger partial charge in [0.05, 0.1) is 0 Å². The van der Waals surface area contributed by atoms with Crippen molar-refractivity contribution in [1.82, 2.24) is 5.43 Å². The van der Waals surface area contributed by atoms with E-state index >= 15 is 0 Å². The Morgan fingerprint density at radius 2 is 2.27 bits per heavy atom. The molecule has 0 rings (SSSR count). The lowest BCUT2D eigenvalue weighted by molar-refractivity contribution is 0.604. The predicted octanol–water partition coefficient (Wildman–Crippen LogP) is 1.54. The van der Waals surface area contributed by atoms with Gasteiger partial charge in [-0.15, -0.1) is 0 Å². The molecule has 0 aliphatic carbocycles. The Labute approximate surface area is 73.6 Å². The van der Waals surface area contributed by atoms with Crippen LogP contribution in [0.5, 0.6) is 0 Å². The quantitative estimate of drug-likeness (QED) is 0.377. The molecular formula is C8H18N2S. The molecule has 0 amide bonds. The zero-order valence-corrected chi connectivity index (χ0v) is 8.37. The summed E-state index contributed by atoms with van der Waals surface area (Å²) < 4.78 is 0. The molecule has 3 heteroatoms. The van der Waals surface area contributed by atoms with Gasteiger partial charge in [0.1, 0.15) is 0 Å². The van der Waals surface area contributed by atoms with Gasteiger partial charge in [0.2, 0.25) is 0 Å². The molecule has 0 aromatic carbocycles. The van der Waals surface area contributed by atoms with Gasteiger partial charge < -0.3 is 0 Å². The molecule has 0 radical (unpaired) electrons. The maximum Gasteiger partial charge on any atom is 0.0400 e. The molecule has 11 heavy (non-hydrogen) atoms. The second-order valence-electron chi connectivity index (χ2n) is 2.80. The van der Waals surface area contributed by atoms with Crippen LogP contribution >= 0.6 is 11.8 Å². The number of hydrogen-bond donors (Lipinski definition) is 2. The van der Waals surface area contributed by atoms with Crippen molar-refractivity contribution in [3.63, 3.8) is 0 Å². The first-order valence-electron chi connectivity index (χ1n) is 3.80. The van der Waals surface area contributed by atoms with E-state index in [1.807, 2.05) is 11.8 Å². The number of thioether (sulfide) groups is 1. The number of hydrazine groups is 1. The van der Waals surface area contributed by atoms with Gasteiger partial charge in [-0.3, -0.25) is 11.3 Å². The molecule has 0 heterocycles. The zero-order valence-electron chi connectivity index (χ0n) is 7.55. The van der Waals surface area contributed by atoms with E-state index in [4.69, 9.17) is 5.84 Å². The van der Waals surface area contributed by atoms with E-state index in [1.165, 1.54) is 5.57 Å². The van der Waals surface area contributed by atoms with E-state index in [0.717, 1.165) is 12.2 Å². The SMILES string of the molecule is CSCCC(C=C(C)C)NN. The molecule has 0 bridgehead atoms. The minimum atomic E-state index is 0.340. The Kier molecular flexibility index (Phi) is 6.71. The van der Waals surface area contributed by atoms with Crippen LogP contribution in [0.25, 0.3) is 0 Å². The van der Waals surface area contributed by atoms with Gasteiger partial charge in [-0.05, 0) is 32.3 Å². The van der Waals surface area contributed by atoms with E-state index in [2.05, 4.69) is 31.6 Å². The summed E-state index contributed by atoms with van der Waals surface area (Å²) in [6.45, 7) is 4.17. The lowest BCUT2D eigenvalue weighted by atomic mass is 10.2. The molecule has 1 atom stereocenters. The van der Waals surface area contributed by atoms with Crippen molar-refractivity contribution in [2.75, 3.05) is 12.0 Å². The van der Waals surface area contributed by atoms with Crippen LogP contribution in [0.2, 0.25) is 0 Å². The second-order valence-corrected chi connectivity index (χ2v) is 3.78. The summed E-state index contributed by atoms with van der Waals surface area (Å²) in [6.07, 6.45) is 5.37. The fraction of sp³-hybridized carbons (Fsp3) is 0.750. The second kappa shape index (κ2) is 6.70. The fourth-order valence-electron chi connectivity index (χ4n) is 0.862.